The summed E-state index contributed by atoms with van der Waals surface area (Å²) >= 11 is 1.33. The van der Waals surface area contributed by atoms with Crippen LogP contribution >= 0.6 is 11.8 Å². The van der Waals surface area contributed by atoms with Crippen LogP contribution in [0.2, 0.25) is 0 Å². The molecule has 0 aliphatic carbocycles. The first-order valence-corrected chi connectivity index (χ1v) is 9.47. The third-order valence-electron chi connectivity index (χ3n) is 3.89. The molecule has 0 saturated heterocycles. The van der Waals surface area contributed by atoms with Gasteiger partial charge in [0.2, 0.25) is 0 Å². The van der Waals surface area contributed by atoms with Crippen LogP contribution in [0.3, 0.4) is 0 Å². The van der Waals surface area contributed by atoms with E-state index >= 15 is 0 Å². The first-order chi connectivity index (χ1) is 14.5. The molecule has 0 fully saturated rings. The van der Waals surface area contributed by atoms with Gasteiger partial charge in [-0.3, -0.25) is 14.8 Å². The van der Waals surface area contributed by atoms with E-state index in [1.807, 2.05) is 18.5 Å². The largest absolute Gasteiger partial charge is 0.448 e. The number of hydroxylamine groups is 1. The molecule has 0 atom stereocenters. The van der Waals surface area contributed by atoms with E-state index in [1.54, 1.807) is 36.4 Å². The van der Waals surface area contributed by atoms with Crippen LogP contribution in [0.4, 0.5) is 0 Å². The Morgan fingerprint density at radius 2 is 2.10 bits per heavy atom. The van der Waals surface area contributed by atoms with Crippen LogP contribution in [0.5, 0.6) is 0 Å². The molecule has 154 valence electrons. The molecule has 0 bridgehead atoms. The molecule has 0 aliphatic rings. The zero-order chi connectivity index (χ0) is 21.5. The number of aryl methyl sites for hydroxylation is 1. The van der Waals surface area contributed by atoms with E-state index in [0.29, 0.717) is 27.1 Å². The molecule has 0 aliphatic heterocycles. The molecule has 0 spiro atoms. The minimum atomic E-state index is -0.667. The number of aromatic nitrogens is 3. The van der Waals surface area contributed by atoms with E-state index in [4.69, 9.17) is 9.62 Å². The number of nitrogens with zero attached hydrogens (tertiary/aromatic N) is 4. The fourth-order valence-electron chi connectivity index (χ4n) is 2.24. The summed E-state index contributed by atoms with van der Waals surface area (Å²) in [5.41, 5.74) is 4.88. The Kier molecular flexibility index (Phi) is 6.78. The number of benzene rings is 1. The Bertz CT molecular complexity index is 1120. The van der Waals surface area contributed by atoms with Gasteiger partial charge in [-0.25, -0.2) is 10.9 Å². The average Bonchev–Trinajstić information content (AvgIpc) is 3.33. The van der Waals surface area contributed by atoms with Crippen LogP contribution in [0, 0.1) is 6.92 Å². The molecule has 0 radical (unpaired) electrons. The number of carbonyl (C=O) groups excluding carboxylic acids is 2. The minimum Gasteiger partial charge on any atom is -0.448 e. The van der Waals surface area contributed by atoms with Gasteiger partial charge in [-0.2, -0.15) is 5.10 Å². The monoisotopic (exact) mass is 426 g/mol. The van der Waals surface area contributed by atoms with E-state index in [-0.39, 0.29) is 0 Å². The highest BCUT2D eigenvalue weighted by Crippen LogP contribution is 2.27. The van der Waals surface area contributed by atoms with Gasteiger partial charge in [0.25, 0.3) is 11.8 Å². The van der Waals surface area contributed by atoms with E-state index < -0.39 is 11.8 Å². The number of hydrazone groups is 1. The van der Waals surface area contributed by atoms with Crippen LogP contribution in [-0.4, -0.2) is 38.0 Å². The highest BCUT2D eigenvalue weighted by atomic mass is 32.2. The molecule has 2 amide bonds. The summed E-state index contributed by atoms with van der Waals surface area (Å²) in [6.45, 7) is 1.86. The Labute approximate surface area is 175 Å². The molecular weight excluding hydrogens is 408 g/mol. The second-order valence-electron chi connectivity index (χ2n) is 5.98. The fourth-order valence-corrected chi connectivity index (χ4v) is 3.04. The van der Waals surface area contributed by atoms with Crippen LogP contribution in [0.15, 0.2) is 62.2 Å². The Hall–Kier alpha value is -3.70. The zero-order valence-corrected chi connectivity index (χ0v) is 16.9. The van der Waals surface area contributed by atoms with Gasteiger partial charge in [0.15, 0.2) is 10.2 Å². The Morgan fingerprint density at radius 3 is 2.83 bits per heavy atom. The third kappa shape index (κ3) is 5.43. The highest BCUT2D eigenvalue weighted by molar-refractivity contribution is 7.99. The SMILES string of the molecule is Cc1nnc(Sc2ccc(C=NNC(=O)c3cccc(C=CC(=O)NO)c3)o2)n1C. The molecule has 3 aromatic rings. The molecule has 3 rings (SSSR count). The smallest absolute Gasteiger partial charge is 0.271 e. The lowest BCUT2D eigenvalue weighted by Crippen LogP contribution is -2.17. The maximum atomic E-state index is 12.2. The molecular formula is C19H18N6O4S. The molecule has 2 heterocycles. The van der Waals surface area contributed by atoms with Crippen molar-refractivity contribution < 1.29 is 19.2 Å². The first kappa shape index (κ1) is 21.0. The van der Waals surface area contributed by atoms with Crippen molar-refractivity contribution in [2.24, 2.45) is 12.1 Å². The number of hydrogen-bond donors (Lipinski definition) is 3. The highest BCUT2D eigenvalue weighted by Gasteiger charge is 2.10. The van der Waals surface area contributed by atoms with Gasteiger partial charge in [-0.05, 0) is 54.6 Å². The Balaban J connectivity index is 1.58. The van der Waals surface area contributed by atoms with Gasteiger partial charge in [0.05, 0.1) is 6.21 Å². The predicted molar refractivity (Wildman–Crippen MR) is 109 cm³/mol. The van der Waals surface area contributed by atoms with Crippen LogP contribution in [-0.2, 0) is 11.8 Å². The lowest BCUT2D eigenvalue weighted by Gasteiger charge is -2.01. The summed E-state index contributed by atoms with van der Waals surface area (Å²) in [5.74, 6) is 0.164. The first-order valence-electron chi connectivity index (χ1n) is 8.65. The van der Waals surface area contributed by atoms with Crippen molar-refractivity contribution in [1.82, 2.24) is 25.7 Å². The van der Waals surface area contributed by atoms with Gasteiger partial charge >= 0.3 is 0 Å². The molecule has 11 heteroatoms. The number of rotatable bonds is 7. The molecule has 3 N–H and O–H groups in total. The lowest BCUT2D eigenvalue weighted by molar-refractivity contribution is -0.124. The standard InChI is InChI=1S/C19H18N6O4S/c1-12-21-23-19(25(12)2)30-17-9-7-15(29-17)11-20-22-18(27)14-5-3-4-13(10-14)6-8-16(26)24-28/h3-11,28H,1-2H3,(H,22,27)(H,24,26). The molecule has 30 heavy (non-hydrogen) atoms. The molecule has 2 aromatic heterocycles. The number of hydrogen-bond acceptors (Lipinski definition) is 8. The number of furan rings is 1. The van der Waals surface area contributed by atoms with Crippen LogP contribution in [0.25, 0.3) is 6.08 Å². The summed E-state index contributed by atoms with van der Waals surface area (Å²) < 4.78 is 7.49. The van der Waals surface area contributed by atoms with Crippen molar-refractivity contribution in [3.63, 3.8) is 0 Å². The van der Waals surface area contributed by atoms with E-state index in [9.17, 15) is 9.59 Å². The van der Waals surface area contributed by atoms with Gasteiger partial charge in [-0.1, -0.05) is 12.1 Å². The maximum absolute atomic E-state index is 12.2. The lowest BCUT2D eigenvalue weighted by atomic mass is 10.1. The van der Waals surface area contributed by atoms with Gasteiger partial charge < -0.3 is 8.98 Å². The van der Waals surface area contributed by atoms with Crippen LogP contribution in [0.1, 0.15) is 27.5 Å². The van der Waals surface area contributed by atoms with Crippen molar-refractivity contribution in [1.29, 1.82) is 0 Å². The van der Waals surface area contributed by atoms with Gasteiger partial charge in [0, 0.05) is 18.7 Å². The maximum Gasteiger partial charge on any atom is 0.271 e. The quantitative estimate of drug-likeness (QED) is 0.228. The molecule has 0 unspecified atom stereocenters. The molecule has 0 saturated carbocycles. The second-order valence-corrected chi connectivity index (χ2v) is 6.95. The molecule has 10 nitrogen and oxygen atoms in total. The predicted octanol–water partition coefficient (Wildman–Crippen LogP) is 2.15. The van der Waals surface area contributed by atoms with E-state index in [0.717, 1.165) is 11.9 Å². The van der Waals surface area contributed by atoms with Crippen molar-refractivity contribution in [3.05, 3.63) is 65.2 Å². The van der Waals surface area contributed by atoms with Crippen molar-refractivity contribution in [3.8, 4) is 0 Å². The van der Waals surface area contributed by atoms with E-state index in [1.165, 1.54) is 29.5 Å². The van der Waals surface area contributed by atoms with Crippen molar-refractivity contribution >= 4 is 35.9 Å². The third-order valence-corrected chi connectivity index (χ3v) is 4.85. The summed E-state index contributed by atoms with van der Waals surface area (Å²) in [4.78, 5) is 23.3. The average molecular weight is 426 g/mol. The second kappa shape index (κ2) is 9.67. The van der Waals surface area contributed by atoms with E-state index in [2.05, 4.69) is 20.7 Å². The summed E-state index contributed by atoms with van der Waals surface area (Å²) in [6.07, 6.45) is 4.00. The fraction of sp³-hybridized carbons (Fsp3) is 0.105. The summed E-state index contributed by atoms with van der Waals surface area (Å²) in [7, 11) is 1.87. The van der Waals surface area contributed by atoms with Crippen LogP contribution < -0.4 is 10.9 Å². The van der Waals surface area contributed by atoms with Gasteiger partial charge in [0.1, 0.15) is 11.6 Å². The normalized spacial score (nSPS) is 11.3. The zero-order valence-electron chi connectivity index (χ0n) is 16.1. The number of carbonyl (C=O) groups is 2. The number of nitrogens with one attached hydrogen (secondary N) is 2. The van der Waals surface area contributed by atoms with Crippen molar-refractivity contribution in [2.45, 2.75) is 17.2 Å². The minimum absolute atomic E-state index is 0.354. The Morgan fingerprint density at radius 1 is 1.27 bits per heavy atom. The number of amides is 2. The summed E-state index contributed by atoms with van der Waals surface area (Å²) in [5, 5.41) is 21.8. The van der Waals surface area contributed by atoms with Crippen molar-refractivity contribution in [2.75, 3.05) is 0 Å². The molecule has 1 aromatic carbocycles. The summed E-state index contributed by atoms with van der Waals surface area (Å²) in [6, 6.07) is 10.1. The topological polar surface area (TPSA) is 135 Å². The van der Waals surface area contributed by atoms with Gasteiger partial charge in [-0.15, -0.1) is 10.2 Å².